The zero-order chi connectivity index (χ0) is 19.9. The molecule has 2 aromatic rings. The Morgan fingerprint density at radius 2 is 1.70 bits per heavy atom. The van der Waals surface area contributed by atoms with E-state index in [4.69, 9.17) is 8.84 Å². The van der Waals surface area contributed by atoms with Gasteiger partial charge in [0.2, 0.25) is 5.89 Å². The molecule has 0 spiro atoms. The summed E-state index contributed by atoms with van der Waals surface area (Å²) < 4.78 is 12.4. The van der Waals surface area contributed by atoms with E-state index < -0.39 is 8.32 Å². The van der Waals surface area contributed by atoms with Gasteiger partial charge in [0.15, 0.2) is 8.32 Å². The average Bonchev–Trinajstić information content (AvgIpc) is 3.03. The number of rotatable bonds is 10. The van der Waals surface area contributed by atoms with E-state index in [0.29, 0.717) is 0 Å². The van der Waals surface area contributed by atoms with Crippen LogP contribution in [-0.2, 0) is 10.8 Å². The lowest BCUT2D eigenvalue weighted by molar-refractivity contribution is 0.138. The fourth-order valence-corrected chi connectivity index (χ4v) is 4.23. The molecule has 1 aromatic heterocycles. The summed E-state index contributed by atoms with van der Waals surface area (Å²) in [6, 6.07) is 10.8. The van der Waals surface area contributed by atoms with Gasteiger partial charge in [-0.1, -0.05) is 70.4 Å². The molecule has 1 aromatic carbocycles. The van der Waals surface area contributed by atoms with Crippen molar-refractivity contribution in [3.8, 4) is 0 Å². The number of aryl methyl sites for hydroxylation is 2. The zero-order valence-corrected chi connectivity index (χ0v) is 19.0. The maximum atomic E-state index is 6.66. The average molecular weight is 388 g/mol. The molecule has 0 aliphatic rings. The van der Waals surface area contributed by atoms with Gasteiger partial charge in [0.1, 0.15) is 12.4 Å². The monoisotopic (exact) mass is 387 g/mol. The third-order valence-corrected chi connectivity index (χ3v) is 10.2. The van der Waals surface area contributed by atoms with Crippen molar-refractivity contribution in [1.29, 1.82) is 0 Å². The molecule has 4 heteroatoms. The van der Waals surface area contributed by atoms with Crippen LogP contribution in [0.15, 0.2) is 41.0 Å². The molecule has 0 saturated heterocycles. The lowest BCUT2D eigenvalue weighted by Gasteiger charge is -2.38. The molecule has 150 valence electrons. The number of benzene rings is 1. The molecule has 1 unspecified atom stereocenters. The van der Waals surface area contributed by atoms with E-state index in [-0.39, 0.29) is 11.1 Å². The van der Waals surface area contributed by atoms with Crippen LogP contribution in [0.3, 0.4) is 0 Å². The molecule has 0 N–H and O–H groups in total. The van der Waals surface area contributed by atoms with Gasteiger partial charge in [0.05, 0.1) is 5.69 Å². The minimum Gasteiger partial charge on any atom is -0.446 e. The number of aromatic nitrogens is 1. The van der Waals surface area contributed by atoms with Gasteiger partial charge in [0.25, 0.3) is 0 Å². The fourth-order valence-electron chi connectivity index (χ4n) is 2.94. The van der Waals surface area contributed by atoms with Crippen LogP contribution in [0.5, 0.6) is 0 Å². The summed E-state index contributed by atoms with van der Waals surface area (Å²) in [5, 5.41) is 0.183. The topological polar surface area (TPSA) is 35.3 Å². The summed E-state index contributed by atoms with van der Waals surface area (Å²) in [6.45, 7) is 13.4. The predicted octanol–water partition coefficient (Wildman–Crippen LogP) is 7.24. The van der Waals surface area contributed by atoms with Crippen LogP contribution in [0.4, 0.5) is 0 Å². The van der Waals surface area contributed by atoms with Crippen LogP contribution in [0.2, 0.25) is 18.1 Å². The number of unbranched alkanes of at least 4 members (excludes halogenated alkanes) is 3. The first-order valence-corrected chi connectivity index (χ1v) is 13.2. The van der Waals surface area contributed by atoms with E-state index >= 15 is 0 Å². The quantitative estimate of drug-likeness (QED) is 0.318. The second-order valence-electron chi connectivity index (χ2n) is 9.13. The molecule has 0 radical (unpaired) electrons. The smallest absolute Gasteiger partial charge is 0.222 e. The molecule has 1 heterocycles. The number of nitrogens with zero attached hydrogens (tertiary/aromatic N) is 1. The largest absolute Gasteiger partial charge is 0.446 e. The van der Waals surface area contributed by atoms with Crippen LogP contribution in [0.25, 0.3) is 0 Å². The lowest BCUT2D eigenvalue weighted by Crippen LogP contribution is -2.41. The molecule has 3 nitrogen and oxygen atoms in total. The van der Waals surface area contributed by atoms with E-state index in [1.807, 2.05) is 6.92 Å². The maximum Gasteiger partial charge on any atom is 0.222 e. The Hall–Kier alpha value is -1.39. The summed E-state index contributed by atoms with van der Waals surface area (Å²) >= 11 is 0. The summed E-state index contributed by atoms with van der Waals surface area (Å²) in [6.07, 6.45) is 8.74. The molecule has 0 aliphatic carbocycles. The molecule has 0 fully saturated rings. The summed E-state index contributed by atoms with van der Waals surface area (Å²) in [5.74, 6) is 0.751. The minimum atomic E-state index is -1.86. The van der Waals surface area contributed by atoms with E-state index in [9.17, 15) is 0 Å². The van der Waals surface area contributed by atoms with E-state index in [2.05, 4.69) is 69.2 Å². The van der Waals surface area contributed by atoms with Gasteiger partial charge in [-0.25, -0.2) is 4.98 Å². The highest BCUT2D eigenvalue weighted by Crippen LogP contribution is 2.40. The van der Waals surface area contributed by atoms with Gasteiger partial charge in [-0.15, -0.1) is 0 Å². The van der Waals surface area contributed by atoms with Crippen LogP contribution in [0, 0.1) is 6.92 Å². The number of oxazole rings is 1. The van der Waals surface area contributed by atoms with Crippen molar-refractivity contribution in [3.05, 3.63) is 53.7 Å². The molecule has 0 aliphatic heterocycles. The summed E-state index contributed by atoms with van der Waals surface area (Å²) in [7, 11) is -1.86. The van der Waals surface area contributed by atoms with Gasteiger partial charge < -0.3 is 8.84 Å². The van der Waals surface area contributed by atoms with Crippen molar-refractivity contribution in [2.24, 2.45) is 0 Å². The van der Waals surface area contributed by atoms with Crippen molar-refractivity contribution in [2.75, 3.05) is 0 Å². The van der Waals surface area contributed by atoms with Crippen molar-refractivity contribution < 1.29 is 8.84 Å². The van der Waals surface area contributed by atoms with Crippen LogP contribution < -0.4 is 0 Å². The van der Waals surface area contributed by atoms with E-state index in [0.717, 1.165) is 24.4 Å². The Bertz CT molecular complexity index is 673. The van der Waals surface area contributed by atoms with Crippen LogP contribution >= 0.6 is 0 Å². The number of hydrogen-bond acceptors (Lipinski definition) is 3. The zero-order valence-electron chi connectivity index (χ0n) is 18.0. The second-order valence-corrected chi connectivity index (χ2v) is 13.9. The SMILES string of the molecule is Cc1coc(C(CCCCCCc2ccccc2)O[Si](C)(C)C(C)(C)C)n1. The summed E-state index contributed by atoms with van der Waals surface area (Å²) in [4.78, 5) is 4.56. The van der Waals surface area contributed by atoms with Gasteiger partial charge >= 0.3 is 0 Å². The standard InChI is InChI=1S/C23H37NO2Si/c1-19-18-25-22(24-19)21(26-27(5,6)23(2,3)4)17-13-8-7-10-14-20-15-11-9-12-16-20/h9,11-12,15-16,18,21H,7-8,10,13-14,17H2,1-6H3. The Balaban J connectivity index is 1.83. The van der Waals surface area contributed by atoms with Crippen molar-refractivity contribution in [1.82, 2.24) is 4.98 Å². The second kappa shape index (κ2) is 9.70. The Kier molecular flexibility index (Phi) is 7.87. The highest BCUT2D eigenvalue weighted by molar-refractivity contribution is 6.74. The Labute approximate surface area is 166 Å². The first-order valence-electron chi connectivity index (χ1n) is 10.3. The summed E-state index contributed by atoms with van der Waals surface area (Å²) in [5.41, 5.74) is 2.36. The Morgan fingerprint density at radius 3 is 2.30 bits per heavy atom. The van der Waals surface area contributed by atoms with E-state index in [1.54, 1.807) is 6.26 Å². The van der Waals surface area contributed by atoms with Crippen molar-refractivity contribution >= 4 is 8.32 Å². The van der Waals surface area contributed by atoms with Gasteiger partial charge in [-0.3, -0.25) is 0 Å². The van der Waals surface area contributed by atoms with Gasteiger partial charge in [-0.2, -0.15) is 0 Å². The first-order chi connectivity index (χ1) is 12.7. The fraction of sp³-hybridized carbons (Fsp3) is 0.609. The third kappa shape index (κ3) is 6.93. The molecule has 0 bridgehead atoms. The normalized spacial score (nSPS) is 13.7. The van der Waals surface area contributed by atoms with Crippen molar-refractivity contribution in [2.45, 2.75) is 90.5 Å². The molecule has 27 heavy (non-hydrogen) atoms. The third-order valence-electron chi connectivity index (χ3n) is 5.68. The number of hydrogen-bond donors (Lipinski definition) is 0. The highest BCUT2D eigenvalue weighted by Gasteiger charge is 2.40. The van der Waals surface area contributed by atoms with Crippen LogP contribution in [-0.4, -0.2) is 13.3 Å². The predicted molar refractivity (Wildman–Crippen MR) is 115 cm³/mol. The van der Waals surface area contributed by atoms with Crippen molar-refractivity contribution in [3.63, 3.8) is 0 Å². The molecule has 0 amide bonds. The molecular formula is C23H37NO2Si. The molecule has 0 saturated carbocycles. The van der Waals surface area contributed by atoms with Crippen LogP contribution in [0.1, 0.15) is 76.1 Å². The molecular weight excluding hydrogens is 350 g/mol. The minimum absolute atomic E-state index is 0.0197. The van der Waals surface area contributed by atoms with Gasteiger partial charge in [-0.05, 0) is 49.9 Å². The molecule has 1 atom stereocenters. The van der Waals surface area contributed by atoms with E-state index in [1.165, 1.54) is 31.2 Å². The maximum absolute atomic E-state index is 6.66. The highest BCUT2D eigenvalue weighted by atomic mass is 28.4. The first kappa shape index (κ1) is 21.9. The molecule has 2 rings (SSSR count). The Morgan fingerprint density at radius 1 is 1.04 bits per heavy atom. The lowest BCUT2D eigenvalue weighted by atomic mass is 10.0. The van der Waals surface area contributed by atoms with Gasteiger partial charge in [0, 0.05) is 0 Å².